The Hall–Kier alpha value is -0.870. The van der Waals surface area contributed by atoms with Gasteiger partial charge in [0.15, 0.2) is 0 Å². The summed E-state index contributed by atoms with van der Waals surface area (Å²) in [5.41, 5.74) is 1.40. The van der Waals surface area contributed by atoms with Gasteiger partial charge in [-0.25, -0.2) is 0 Å². The third-order valence-electron chi connectivity index (χ3n) is 3.71. The van der Waals surface area contributed by atoms with Crippen LogP contribution in [0.2, 0.25) is 0 Å². The van der Waals surface area contributed by atoms with E-state index in [0.29, 0.717) is 18.5 Å². The van der Waals surface area contributed by atoms with Gasteiger partial charge in [-0.05, 0) is 50.3 Å². The van der Waals surface area contributed by atoms with Gasteiger partial charge in [0.25, 0.3) is 0 Å². The molecule has 0 aliphatic heterocycles. The minimum atomic E-state index is -0.101. The molecule has 4 heteroatoms. The van der Waals surface area contributed by atoms with E-state index < -0.39 is 0 Å². The maximum atomic E-state index is 11.6. The van der Waals surface area contributed by atoms with E-state index >= 15 is 0 Å². The van der Waals surface area contributed by atoms with Crippen molar-refractivity contribution < 1.29 is 4.79 Å². The molecule has 1 aliphatic rings. The van der Waals surface area contributed by atoms with Crippen molar-refractivity contribution in [2.75, 3.05) is 6.54 Å². The van der Waals surface area contributed by atoms with Gasteiger partial charge in [-0.1, -0.05) is 28.1 Å². The summed E-state index contributed by atoms with van der Waals surface area (Å²) in [7, 11) is 0. The Morgan fingerprint density at radius 2 is 2.00 bits per heavy atom. The summed E-state index contributed by atoms with van der Waals surface area (Å²) in [6.07, 6.45) is 2.23. The molecule has 0 radical (unpaired) electrons. The number of nitrogens with one attached hydrogen (secondary N) is 2. The third-order valence-corrected chi connectivity index (χ3v) is 4.24. The fourth-order valence-corrected chi connectivity index (χ4v) is 2.78. The first-order valence-corrected chi connectivity index (χ1v) is 7.68. The van der Waals surface area contributed by atoms with E-state index in [4.69, 9.17) is 0 Å². The second kappa shape index (κ2) is 6.53. The van der Waals surface area contributed by atoms with Crippen LogP contribution in [0.5, 0.6) is 0 Å². The Bertz CT molecular complexity index is 426. The lowest BCUT2D eigenvalue weighted by molar-refractivity contribution is -0.123. The zero-order valence-electron chi connectivity index (χ0n) is 11.4. The van der Waals surface area contributed by atoms with Gasteiger partial charge in [0.05, 0.1) is 6.04 Å². The quantitative estimate of drug-likeness (QED) is 0.874. The molecular formula is C15H21BrN2O. The van der Waals surface area contributed by atoms with Crippen LogP contribution in [0.25, 0.3) is 0 Å². The molecule has 0 heterocycles. The molecule has 0 saturated heterocycles. The highest BCUT2D eigenvalue weighted by Gasteiger charge is 2.31. The van der Waals surface area contributed by atoms with Gasteiger partial charge in [-0.15, -0.1) is 0 Å². The van der Waals surface area contributed by atoms with Gasteiger partial charge >= 0.3 is 0 Å². The highest BCUT2D eigenvalue weighted by atomic mass is 79.9. The van der Waals surface area contributed by atoms with Crippen LogP contribution in [-0.2, 0) is 4.79 Å². The molecule has 1 amide bonds. The van der Waals surface area contributed by atoms with Gasteiger partial charge in [0.1, 0.15) is 0 Å². The Labute approximate surface area is 123 Å². The second-order valence-electron chi connectivity index (χ2n) is 5.20. The van der Waals surface area contributed by atoms with Crippen molar-refractivity contribution in [3.63, 3.8) is 0 Å². The lowest BCUT2D eigenvalue weighted by Crippen LogP contribution is -2.50. The Morgan fingerprint density at radius 3 is 2.58 bits per heavy atom. The summed E-state index contributed by atoms with van der Waals surface area (Å²) in [6.45, 7) is 4.56. The van der Waals surface area contributed by atoms with E-state index in [1.807, 2.05) is 13.8 Å². The minimum absolute atomic E-state index is 0.0922. The van der Waals surface area contributed by atoms with Crippen molar-refractivity contribution in [2.45, 2.75) is 44.7 Å². The van der Waals surface area contributed by atoms with Crippen molar-refractivity contribution in [3.05, 3.63) is 34.3 Å². The zero-order valence-corrected chi connectivity index (χ0v) is 13.0. The fraction of sp³-hybridized carbons (Fsp3) is 0.533. The largest absolute Gasteiger partial charge is 0.355 e. The van der Waals surface area contributed by atoms with Gasteiger partial charge in [0.2, 0.25) is 5.91 Å². The monoisotopic (exact) mass is 324 g/mol. The number of hydrogen-bond acceptors (Lipinski definition) is 2. The summed E-state index contributed by atoms with van der Waals surface area (Å²) in [5, 5.41) is 6.23. The standard InChI is InChI=1S/C15H21BrN2O/c1-3-17-15(19)10(2)18-14-8-12(9-14)11-4-6-13(16)7-5-11/h4-7,10,12,14,18H,3,8-9H2,1-2H3,(H,17,19). The van der Waals surface area contributed by atoms with Crippen LogP contribution in [0.3, 0.4) is 0 Å². The fourth-order valence-electron chi connectivity index (χ4n) is 2.52. The lowest BCUT2D eigenvalue weighted by Gasteiger charge is -2.37. The Kier molecular flexibility index (Phi) is 4.99. The summed E-state index contributed by atoms with van der Waals surface area (Å²) in [6, 6.07) is 8.90. The molecule has 0 spiro atoms. The number of hydrogen-bond donors (Lipinski definition) is 2. The molecule has 1 saturated carbocycles. The van der Waals surface area contributed by atoms with Crippen LogP contribution in [0, 0.1) is 0 Å². The van der Waals surface area contributed by atoms with Crippen LogP contribution < -0.4 is 10.6 Å². The van der Waals surface area contributed by atoms with Crippen molar-refractivity contribution in [2.24, 2.45) is 0 Å². The topological polar surface area (TPSA) is 41.1 Å². The molecular weight excluding hydrogens is 304 g/mol. The van der Waals surface area contributed by atoms with Crippen LogP contribution >= 0.6 is 15.9 Å². The van der Waals surface area contributed by atoms with Gasteiger partial charge in [0, 0.05) is 17.1 Å². The van der Waals surface area contributed by atoms with Crippen molar-refractivity contribution in [1.82, 2.24) is 10.6 Å². The third kappa shape index (κ3) is 3.80. The molecule has 19 heavy (non-hydrogen) atoms. The Balaban J connectivity index is 1.77. The number of likely N-dealkylation sites (N-methyl/N-ethyl adjacent to an activating group) is 1. The number of benzene rings is 1. The molecule has 2 N–H and O–H groups in total. The van der Waals surface area contributed by atoms with E-state index in [1.54, 1.807) is 0 Å². The van der Waals surface area contributed by atoms with Crippen LogP contribution in [0.1, 0.15) is 38.2 Å². The molecule has 2 rings (SSSR count). The predicted octanol–water partition coefficient (Wildman–Crippen LogP) is 2.81. The molecule has 1 unspecified atom stereocenters. The number of carbonyl (C=O) groups is 1. The van der Waals surface area contributed by atoms with Crippen LogP contribution in [0.4, 0.5) is 0 Å². The van der Waals surface area contributed by atoms with E-state index in [1.165, 1.54) is 5.56 Å². The molecule has 1 aromatic rings. The minimum Gasteiger partial charge on any atom is -0.355 e. The van der Waals surface area contributed by atoms with Crippen LogP contribution in [-0.4, -0.2) is 24.5 Å². The Morgan fingerprint density at radius 1 is 1.37 bits per heavy atom. The van der Waals surface area contributed by atoms with Crippen molar-refractivity contribution in [3.8, 4) is 0 Å². The number of rotatable bonds is 5. The number of amides is 1. The normalized spacial score (nSPS) is 23.5. The maximum Gasteiger partial charge on any atom is 0.236 e. The summed E-state index contributed by atoms with van der Waals surface area (Å²) < 4.78 is 1.12. The molecule has 3 nitrogen and oxygen atoms in total. The molecule has 0 bridgehead atoms. The van der Waals surface area contributed by atoms with Gasteiger partial charge in [-0.3, -0.25) is 4.79 Å². The van der Waals surface area contributed by atoms with E-state index in [9.17, 15) is 4.79 Å². The average Bonchev–Trinajstić information content (AvgIpc) is 2.35. The zero-order chi connectivity index (χ0) is 13.8. The van der Waals surface area contributed by atoms with Crippen LogP contribution in [0.15, 0.2) is 28.7 Å². The smallest absolute Gasteiger partial charge is 0.236 e. The molecule has 1 atom stereocenters. The van der Waals surface area contributed by atoms with E-state index in [-0.39, 0.29) is 11.9 Å². The maximum absolute atomic E-state index is 11.6. The molecule has 0 aromatic heterocycles. The highest BCUT2D eigenvalue weighted by Crippen LogP contribution is 2.37. The first kappa shape index (κ1) is 14.5. The first-order chi connectivity index (χ1) is 9.10. The van der Waals surface area contributed by atoms with E-state index in [0.717, 1.165) is 17.3 Å². The number of halogens is 1. The van der Waals surface area contributed by atoms with Gasteiger partial charge in [-0.2, -0.15) is 0 Å². The summed E-state index contributed by atoms with van der Waals surface area (Å²) in [4.78, 5) is 11.6. The van der Waals surface area contributed by atoms with Gasteiger partial charge < -0.3 is 10.6 Å². The highest BCUT2D eigenvalue weighted by molar-refractivity contribution is 9.10. The lowest BCUT2D eigenvalue weighted by atomic mass is 9.75. The van der Waals surface area contributed by atoms with E-state index in [2.05, 4.69) is 50.8 Å². The molecule has 1 aromatic carbocycles. The number of carbonyl (C=O) groups excluding carboxylic acids is 1. The molecule has 104 valence electrons. The second-order valence-corrected chi connectivity index (χ2v) is 6.12. The van der Waals surface area contributed by atoms with Crippen molar-refractivity contribution >= 4 is 21.8 Å². The average molecular weight is 325 g/mol. The van der Waals surface area contributed by atoms with Crippen molar-refractivity contribution in [1.29, 1.82) is 0 Å². The predicted molar refractivity (Wildman–Crippen MR) is 81.2 cm³/mol. The summed E-state index contributed by atoms with van der Waals surface area (Å²) in [5.74, 6) is 0.724. The first-order valence-electron chi connectivity index (χ1n) is 6.89. The SMILES string of the molecule is CCNC(=O)C(C)NC1CC(c2ccc(Br)cc2)C1. The summed E-state index contributed by atoms with van der Waals surface area (Å²) >= 11 is 3.45. The molecule has 1 aliphatic carbocycles. The molecule has 1 fully saturated rings.